The number of carbonyl (C=O) groups is 1. The third-order valence-corrected chi connectivity index (χ3v) is 7.93. The molecule has 2 aliphatic rings. The standard InChI is InChI=1S/C19H22N2O5S2/c1-20(12-14-5-6-15-16(11-14)26-13-25-15)19(22)18-17(7-10-27-18)28(23,24)21-8-3-2-4-9-21/h5-7,10-11H,2-4,8-9,12-13H2,1H3. The van der Waals surface area contributed by atoms with Crippen LogP contribution >= 0.6 is 11.3 Å². The van der Waals surface area contributed by atoms with E-state index >= 15 is 0 Å². The summed E-state index contributed by atoms with van der Waals surface area (Å²) in [5.74, 6) is 1.04. The predicted octanol–water partition coefficient (Wildman–Crippen LogP) is 2.92. The minimum absolute atomic E-state index is 0.113. The average molecular weight is 423 g/mol. The van der Waals surface area contributed by atoms with Crippen LogP contribution in [-0.4, -0.2) is 50.5 Å². The second kappa shape index (κ2) is 7.73. The fourth-order valence-electron chi connectivity index (χ4n) is 3.46. The summed E-state index contributed by atoms with van der Waals surface area (Å²) >= 11 is 1.17. The summed E-state index contributed by atoms with van der Waals surface area (Å²) in [5.41, 5.74) is 0.886. The van der Waals surface area contributed by atoms with Crippen LogP contribution in [0.3, 0.4) is 0 Å². The minimum atomic E-state index is -3.65. The molecule has 7 nitrogen and oxygen atoms in total. The van der Waals surface area contributed by atoms with Crippen LogP contribution in [0.15, 0.2) is 34.5 Å². The maximum atomic E-state index is 13.0. The largest absolute Gasteiger partial charge is 0.454 e. The zero-order chi connectivity index (χ0) is 19.7. The third-order valence-electron chi connectivity index (χ3n) is 4.96. The maximum Gasteiger partial charge on any atom is 0.265 e. The molecular weight excluding hydrogens is 400 g/mol. The topological polar surface area (TPSA) is 76.1 Å². The van der Waals surface area contributed by atoms with E-state index in [9.17, 15) is 13.2 Å². The smallest absolute Gasteiger partial charge is 0.265 e. The molecule has 0 radical (unpaired) electrons. The van der Waals surface area contributed by atoms with Crippen LogP contribution in [0.2, 0.25) is 0 Å². The summed E-state index contributed by atoms with van der Waals surface area (Å²) in [6.45, 7) is 1.56. The van der Waals surface area contributed by atoms with Gasteiger partial charge in [-0.25, -0.2) is 8.42 Å². The van der Waals surface area contributed by atoms with E-state index in [1.165, 1.54) is 26.6 Å². The van der Waals surface area contributed by atoms with Crippen molar-refractivity contribution in [3.05, 3.63) is 40.1 Å². The lowest BCUT2D eigenvalue weighted by Gasteiger charge is -2.26. The fourth-order valence-corrected chi connectivity index (χ4v) is 6.37. The van der Waals surface area contributed by atoms with Crippen molar-refractivity contribution in [3.8, 4) is 11.5 Å². The first kappa shape index (κ1) is 19.2. The van der Waals surface area contributed by atoms with E-state index in [0.717, 1.165) is 24.8 Å². The highest BCUT2D eigenvalue weighted by atomic mass is 32.2. The normalized spacial score (nSPS) is 16.9. The van der Waals surface area contributed by atoms with Crippen molar-refractivity contribution in [1.82, 2.24) is 9.21 Å². The Kier molecular flexibility index (Phi) is 5.31. The second-order valence-electron chi connectivity index (χ2n) is 6.93. The molecule has 0 unspecified atom stereocenters. The number of sulfonamides is 1. The van der Waals surface area contributed by atoms with Gasteiger partial charge >= 0.3 is 0 Å². The van der Waals surface area contributed by atoms with Crippen LogP contribution in [0.1, 0.15) is 34.5 Å². The molecule has 1 saturated heterocycles. The fraction of sp³-hybridized carbons (Fsp3) is 0.421. The van der Waals surface area contributed by atoms with Crippen molar-refractivity contribution in [2.24, 2.45) is 0 Å². The number of ether oxygens (including phenoxy) is 2. The zero-order valence-corrected chi connectivity index (χ0v) is 17.2. The number of carbonyl (C=O) groups excluding carboxylic acids is 1. The lowest BCUT2D eigenvalue weighted by atomic mass is 10.2. The summed E-state index contributed by atoms with van der Waals surface area (Å²) in [5, 5.41) is 1.67. The minimum Gasteiger partial charge on any atom is -0.454 e. The number of nitrogens with zero attached hydrogens (tertiary/aromatic N) is 2. The van der Waals surface area contributed by atoms with Gasteiger partial charge in [0.1, 0.15) is 9.77 Å². The second-order valence-corrected chi connectivity index (χ2v) is 9.75. The lowest BCUT2D eigenvalue weighted by Crippen LogP contribution is -2.36. The van der Waals surface area contributed by atoms with Crippen LogP contribution in [-0.2, 0) is 16.6 Å². The van der Waals surface area contributed by atoms with Crippen molar-refractivity contribution >= 4 is 27.3 Å². The molecule has 2 aromatic rings. The predicted molar refractivity (Wildman–Crippen MR) is 105 cm³/mol. The van der Waals surface area contributed by atoms with E-state index in [0.29, 0.717) is 31.1 Å². The summed E-state index contributed by atoms with van der Waals surface area (Å²) in [4.78, 5) is 14.9. The number of amides is 1. The molecule has 0 bridgehead atoms. The summed E-state index contributed by atoms with van der Waals surface area (Å²) in [6.07, 6.45) is 2.76. The van der Waals surface area contributed by atoms with Crippen LogP contribution < -0.4 is 9.47 Å². The van der Waals surface area contributed by atoms with Gasteiger partial charge in [0.25, 0.3) is 5.91 Å². The van der Waals surface area contributed by atoms with E-state index in [4.69, 9.17) is 9.47 Å². The Morgan fingerprint density at radius 2 is 1.89 bits per heavy atom. The lowest BCUT2D eigenvalue weighted by molar-refractivity contribution is 0.0786. The van der Waals surface area contributed by atoms with Gasteiger partial charge in [-0.15, -0.1) is 11.3 Å². The Balaban J connectivity index is 1.53. The third kappa shape index (κ3) is 3.61. The van der Waals surface area contributed by atoms with E-state index < -0.39 is 10.0 Å². The Labute approximate surface area is 168 Å². The van der Waals surface area contributed by atoms with Crippen molar-refractivity contribution in [3.63, 3.8) is 0 Å². The molecule has 150 valence electrons. The van der Waals surface area contributed by atoms with E-state index in [1.54, 1.807) is 12.4 Å². The van der Waals surface area contributed by atoms with Crippen LogP contribution in [0, 0.1) is 0 Å². The number of benzene rings is 1. The highest BCUT2D eigenvalue weighted by Gasteiger charge is 2.32. The maximum absolute atomic E-state index is 13.0. The van der Waals surface area contributed by atoms with Gasteiger partial charge in [-0.3, -0.25) is 4.79 Å². The molecule has 1 amide bonds. The van der Waals surface area contributed by atoms with Gasteiger partial charge in [0, 0.05) is 26.7 Å². The zero-order valence-electron chi connectivity index (χ0n) is 15.6. The summed E-state index contributed by atoms with van der Waals surface area (Å²) in [7, 11) is -1.98. The van der Waals surface area contributed by atoms with Gasteiger partial charge in [0.2, 0.25) is 16.8 Å². The molecule has 1 fully saturated rings. The Morgan fingerprint density at radius 3 is 2.68 bits per heavy atom. The number of fused-ring (bicyclic) bond motifs is 1. The highest BCUT2D eigenvalue weighted by molar-refractivity contribution is 7.89. The molecule has 28 heavy (non-hydrogen) atoms. The molecule has 0 spiro atoms. The molecule has 9 heteroatoms. The van der Waals surface area contributed by atoms with Crippen LogP contribution in [0.5, 0.6) is 11.5 Å². The highest BCUT2D eigenvalue weighted by Crippen LogP contribution is 2.33. The van der Waals surface area contributed by atoms with Gasteiger partial charge in [0.15, 0.2) is 11.5 Å². The quantitative estimate of drug-likeness (QED) is 0.741. The van der Waals surface area contributed by atoms with Crippen LogP contribution in [0.25, 0.3) is 0 Å². The van der Waals surface area contributed by atoms with Gasteiger partial charge in [0.05, 0.1) is 0 Å². The van der Waals surface area contributed by atoms with E-state index in [1.807, 2.05) is 18.2 Å². The van der Waals surface area contributed by atoms with E-state index in [2.05, 4.69) is 0 Å². The number of piperidine rings is 1. The molecule has 0 aliphatic carbocycles. The van der Waals surface area contributed by atoms with Crippen molar-refractivity contribution < 1.29 is 22.7 Å². The molecule has 3 heterocycles. The van der Waals surface area contributed by atoms with Gasteiger partial charge in [-0.05, 0) is 42.0 Å². The summed E-state index contributed by atoms with van der Waals surface area (Å²) < 4.78 is 38.2. The molecule has 1 aromatic heterocycles. The molecule has 0 atom stereocenters. The van der Waals surface area contributed by atoms with Crippen molar-refractivity contribution in [2.75, 3.05) is 26.9 Å². The Bertz CT molecular complexity index is 980. The molecule has 0 N–H and O–H groups in total. The number of thiophene rings is 1. The SMILES string of the molecule is CN(Cc1ccc2c(c1)OCO2)C(=O)c1sccc1S(=O)(=O)N1CCCCC1. The van der Waals surface area contributed by atoms with Gasteiger partial charge in [-0.2, -0.15) is 4.31 Å². The first-order valence-electron chi connectivity index (χ1n) is 9.18. The molecule has 4 rings (SSSR count). The summed E-state index contributed by atoms with van der Waals surface area (Å²) in [6, 6.07) is 7.06. The molecule has 0 saturated carbocycles. The monoisotopic (exact) mass is 422 g/mol. The van der Waals surface area contributed by atoms with Gasteiger partial charge in [-0.1, -0.05) is 12.5 Å². The molecule has 1 aromatic carbocycles. The van der Waals surface area contributed by atoms with Crippen LogP contribution in [0.4, 0.5) is 0 Å². The van der Waals surface area contributed by atoms with Gasteiger partial charge < -0.3 is 14.4 Å². The number of rotatable bonds is 5. The van der Waals surface area contributed by atoms with E-state index in [-0.39, 0.29) is 22.5 Å². The number of hydrogen-bond acceptors (Lipinski definition) is 6. The average Bonchev–Trinajstić information content (AvgIpc) is 3.37. The number of hydrogen-bond donors (Lipinski definition) is 0. The molecular formula is C19H22N2O5S2. The molecule has 2 aliphatic heterocycles. The Hall–Kier alpha value is -2.10. The Morgan fingerprint density at radius 1 is 1.14 bits per heavy atom. The first-order chi connectivity index (χ1) is 13.5. The van der Waals surface area contributed by atoms with Crippen molar-refractivity contribution in [1.29, 1.82) is 0 Å². The van der Waals surface area contributed by atoms with Crippen molar-refractivity contribution in [2.45, 2.75) is 30.7 Å². The first-order valence-corrected chi connectivity index (χ1v) is 11.5.